The summed E-state index contributed by atoms with van der Waals surface area (Å²) in [4.78, 5) is 23.7. The Morgan fingerprint density at radius 2 is 2.21 bits per heavy atom. The Morgan fingerprint density at radius 1 is 1.29 bits per heavy atom. The first-order chi connectivity index (χ1) is 11.7. The molecule has 1 N–H and O–H groups in total. The van der Waals surface area contributed by atoms with Gasteiger partial charge in [0.2, 0.25) is 5.91 Å². The van der Waals surface area contributed by atoms with Gasteiger partial charge in [-0.3, -0.25) is 9.78 Å². The molecular formula is C18H18N4OS. The number of hydrogen-bond acceptors (Lipinski definition) is 5. The summed E-state index contributed by atoms with van der Waals surface area (Å²) in [6.45, 7) is 2.91. The highest BCUT2D eigenvalue weighted by molar-refractivity contribution is 7.13. The third-order valence-electron chi connectivity index (χ3n) is 4.45. The first-order valence-corrected chi connectivity index (χ1v) is 8.93. The molecule has 1 aliphatic heterocycles. The van der Waals surface area contributed by atoms with E-state index in [2.05, 4.69) is 20.2 Å². The van der Waals surface area contributed by atoms with Crippen LogP contribution in [0.4, 0.5) is 10.8 Å². The van der Waals surface area contributed by atoms with Gasteiger partial charge in [0, 0.05) is 29.7 Å². The Hall–Kier alpha value is -2.47. The van der Waals surface area contributed by atoms with E-state index in [9.17, 15) is 4.79 Å². The maximum Gasteiger partial charge on any atom is 0.247 e. The van der Waals surface area contributed by atoms with E-state index in [0.717, 1.165) is 46.7 Å². The summed E-state index contributed by atoms with van der Waals surface area (Å²) in [5, 5.41) is 6.94. The van der Waals surface area contributed by atoms with Crippen LogP contribution < -0.4 is 10.2 Å². The molecule has 1 saturated heterocycles. The number of pyridine rings is 1. The van der Waals surface area contributed by atoms with E-state index in [0.29, 0.717) is 0 Å². The fraction of sp³-hybridized carbons (Fsp3) is 0.278. The standard InChI is InChI=1S/C18H18N4OS/c1-12-6-7-14(13-4-2-8-19-16(12)13)21-17(23)15-5-3-10-22(15)18-20-9-11-24-18/h2,4,6-9,11,15H,3,5,10H2,1H3,(H,21,23). The van der Waals surface area contributed by atoms with Gasteiger partial charge in [0.1, 0.15) is 6.04 Å². The second kappa shape index (κ2) is 6.20. The summed E-state index contributed by atoms with van der Waals surface area (Å²) in [5.41, 5.74) is 2.85. The van der Waals surface area contributed by atoms with Crippen molar-refractivity contribution < 1.29 is 4.79 Å². The molecular weight excluding hydrogens is 320 g/mol. The monoisotopic (exact) mass is 338 g/mol. The van der Waals surface area contributed by atoms with Crippen LogP contribution in [0.15, 0.2) is 42.0 Å². The number of nitrogens with one attached hydrogen (secondary N) is 1. The van der Waals surface area contributed by atoms with Crippen molar-refractivity contribution in [3.8, 4) is 0 Å². The molecule has 1 atom stereocenters. The van der Waals surface area contributed by atoms with Crippen molar-refractivity contribution in [3.05, 3.63) is 47.6 Å². The van der Waals surface area contributed by atoms with Crippen molar-refractivity contribution in [1.29, 1.82) is 0 Å². The Kier molecular flexibility index (Phi) is 3.90. The Labute approximate surface area is 144 Å². The van der Waals surface area contributed by atoms with Gasteiger partial charge in [0.25, 0.3) is 0 Å². The van der Waals surface area contributed by atoms with E-state index < -0.39 is 0 Å². The number of benzene rings is 1. The molecule has 24 heavy (non-hydrogen) atoms. The van der Waals surface area contributed by atoms with Crippen molar-refractivity contribution in [2.24, 2.45) is 0 Å². The second-order valence-corrected chi connectivity index (χ2v) is 6.86. The van der Waals surface area contributed by atoms with E-state index in [-0.39, 0.29) is 11.9 Å². The molecule has 0 bridgehead atoms. The van der Waals surface area contributed by atoms with Gasteiger partial charge in [0.15, 0.2) is 5.13 Å². The van der Waals surface area contributed by atoms with Crippen LogP contribution in [0.1, 0.15) is 18.4 Å². The third kappa shape index (κ3) is 2.63. The molecule has 1 aliphatic rings. The number of aryl methyl sites for hydroxylation is 1. The summed E-state index contributed by atoms with van der Waals surface area (Å²) >= 11 is 1.58. The number of amides is 1. The molecule has 0 saturated carbocycles. The predicted molar refractivity (Wildman–Crippen MR) is 97.6 cm³/mol. The lowest BCUT2D eigenvalue weighted by Gasteiger charge is -2.23. The number of carbonyl (C=O) groups is 1. The summed E-state index contributed by atoms with van der Waals surface area (Å²) in [6.07, 6.45) is 5.43. The molecule has 122 valence electrons. The van der Waals surface area contributed by atoms with Crippen molar-refractivity contribution in [2.45, 2.75) is 25.8 Å². The van der Waals surface area contributed by atoms with Gasteiger partial charge >= 0.3 is 0 Å². The van der Waals surface area contributed by atoms with Gasteiger partial charge in [-0.05, 0) is 43.5 Å². The Bertz CT molecular complexity index is 878. The van der Waals surface area contributed by atoms with Crippen molar-refractivity contribution in [2.75, 3.05) is 16.8 Å². The minimum absolute atomic E-state index is 0.0247. The normalized spacial score (nSPS) is 17.4. The molecule has 4 rings (SSSR count). The average Bonchev–Trinajstić information content (AvgIpc) is 3.28. The van der Waals surface area contributed by atoms with Gasteiger partial charge in [-0.15, -0.1) is 11.3 Å². The molecule has 3 heterocycles. The number of hydrogen-bond donors (Lipinski definition) is 1. The zero-order valence-corrected chi connectivity index (χ0v) is 14.2. The molecule has 5 nitrogen and oxygen atoms in total. The van der Waals surface area contributed by atoms with E-state index in [4.69, 9.17) is 0 Å². The lowest BCUT2D eigenvalue weighted by Crippen LogP contribution is -2.39. The second-order valence-electron chi connectivity index (χ2n) is 5.98. The number of rotatable bonds is 3. The number of nitrogens with zero attached hydrogens (tertiary/aromatic N) is 3. The predicted octanol–water partition coefficient (Wildman–Crippen LogP) is 3.61. The van der Waals surface area contributed by atoms with E-state index in [1.54, 1.807) is 23.7 Å². The number of anilines is 2. The summed E-state index contributed by atoms with van der Waals surface area (Å²) in [7, 11) is 0. The molecule has 1 unspecified atom stereocenters. The Morgan fingerprint density at radius 3 is 3.04 bits per heavy atom. The van der Waals surface area contributed by atoms with Crippen molar-refractivity contribution >= 4 is 39.0 Å². The van der Waals surface area contributed by atoms with E-state index >= 15 is 0 Å². The number of fused-ring (bicyclic) bond motifs is 1. The summed E-state index contributed by atoms with van der Waals surface area (Å²) < 4.78 is 0. The summed E-state index contributed by atoms with van der Waals surface area (Å²) in [5.74, 6) is 0.0247. The quantitative estimate of drug-likeness (QED) is 0.792. The molecule has 3 aromatic rings. The third-order valence-corrected chi connectivity index (χ3v) is 5.26. The van der Waals surface area contributed by atoms with Crippen LogP contribution in [0.25, 0.3) is 10.9 Å². The molecule has 1 amide bonds. The van der Waals surface area contributed by atoms with Crippen LogP contribution in [0.5, 0.6) is 0 Å². The molecule has 0 spiro atoms. The highest BCUT2D eigenvalue weighted by Crippen LogP contribution is 2.29. The molecule has 6 heteroatoms. The number of aromatic nitrogens is 2. The fourth-order valence-electron chi connectivity index (χ4n) is 3.26. The van der Waals surface area contributed by atoms with Crippen LogP contribution in [-0.2, 0) is 4.79 Å². The fourth-order valence-corrected chi connectivity index (χ4v) is 3.98. The highest BCUT2D eigenvalue weighted by Gasteiger charge is 2.32. The lowest BCUT2D eigenvalue weighted by molar-refractivity contribution is -0.117. The Balaban J connectivity index is 1.62. The SMILES string of the molecule is Cc1ccc(NC(=O)C2CCCN2c2nccs2)c2cccnc12. The van der Waals surface area contributed by atoms with Crippen molar-refractivity contribution in [3.63, 3.8) is 0 Å². The van der Waals surface area contributed by atoms with Crippen LogP contribution in [0.2, 0.25) is 0 Å². The van der Waals surface area contributed by atoms with Crippen LogP contribution in [0, 0.1) is 6.92 Å². The van der Waals surface area contributed by atoms with E-state index in [1.807, 2.05) is 36.6 Å². The molecule has 2 aromatic heterocycles. The molecule has 1 fully saturated rings. The maximum absolute atomic E-state index is 12.9. The van der Waals surface area contributed by atoms with E-state index in [1.165, 1.54) is 0 Å². The first-order valence-electron chi connectivity index (χ1n) is 8.05. The molecule has 1 aromatic carbocycles. The van der Waals surface area contributed by atoms with Crippen LogP contribution in [-0.4, -0.2) is 28.5 Å². The summed E-state index contributed by atoms with van der Waals surface area (Å²) in [6, 6.07) is 7.69. The zero-order chi connectivity index (χ0) is 16.5. The smallest absolute Gasteiger partial charge is 0.247 e. The van der Waals surface area contributed by atoms with Gasteiger partial charge < -0.3 is 10.2 Å². The van der Waals surface area contributed by atoms with Gasteiger partial charge in [-0.1, -0.05) is 6.07 Å². The zero-order valence-electron chi connectivity index (χ0n) is 13.4. The lowest BCUT2D eigenvalue weighted by atomic mass is 10.1. The first kappa shape index (κ1) is 15.1. The van der Waals surface area contributed by atoms with Gasteiger partial charge in [-0.2, -0.15) is 0 Å². The van der Waals surface area contributed by atoms with Gasteiger partial charge in [-0.25, -0.2) is 4.98 Å². The average molecular weight is 338 g/mol. The van der Waals surface area contributed by atoms with Crippen LogP contribution in [0.3, 0.4) is 0 Å². The maximum atomic E-state index is 12.9. The molecule has 0 radical (unpaired) electrons. The topological polar surface area (TPSA) is 58.1 Å². The van der Waals surface area contributed by atoms with Gasteiger partial charge in [0.05, 0.1) is 11.2 Å². The van der Waals surface area contributed by atoms with Crippen molar-refractivity contribution in [1.82, 2.24) is 9.97 Å². The minimum Gasteiger partial charge on any atom is -0.336 e. The number of carbonyl (C=O) groups excluding carboxylic acids is 1. The van der Waals surface area contributed by atoms with Crippen LogP contribution >= 0.6 is 11.3 Å². The minimum atomic E-state index is -0.163. The molecule has 0 aliphatic carbocycles. The highest BCUT2D eigenvalue weighted by atomic mass is 32.1. The largest absolute Gasteiger partial charge is 0.336 e. The number of thiazole rings is 1.